The van der Waals surface area contributed by atoms with Gasteiger partial charge in [0.05, 0.1) is 11.6 Å². The van der Waals surface area contributed by atoms with Gasteiger partial charge in [-0.15, -0.1) is 0 Å². The zero-order valence-corrected chi connectivity index (χ0v) is 10.7. The van der Waals surface area contributed by atoms with Gasteiger partial charge in [0.2, 0.25) is 0 Å². The van der Waals surface area contributed by atoms with E-state index in [0.717, 1.165) is 29.2 Å². The van der Waals surface area contributed by atoms with E-state index in [9.17, 15) is 5.26 Å². The van der Waals surface area contributed by atoms with Gasteiger partial charge in [0.15, 0.2) is 0 Å². The first-order valence-corrected chi connectivity index (χ1v) is 7.28. The van der Waals surface area contributed by atoms with Crippen molar-refractivity contribution in [1.82, 2.24) is 0 Å². The lowest BCUT2D eigenvalue weighted by atomic mass is 9.49. The number of nitrogens with zero attached hydrogens (tertiary/aromatic N) is 1. The molecule has 2 fully saturated rings. The molecule has 1 aromatic carbocycles. The highest BCUT2D eigenvalue weighted by Crippen LogP contribution is 2.69. The van der Waals surface area contributed by atoms with Crippen molar-refractivity contribution in [3.63, 3.8) is 0 Å². The summed E-state index contributed by atoms with van der Waals surface area (Å²) in [6, 6.07) is 8.58. The Balaban J connectivity index is 1.69. The lowest BCUT2D eigenvalue weighted by Gasteiger charge is -2.54. The van der Waals surface area contributed by atoms with Gasteiger partial charge in [-0.2, -0.15) is 5.26 Å². The Kier molecular flexibility index (Phi) is 1.69. The van der Waals surface area contributed by atoms with E-state index in [2.05, 4.69) is 36.4 Å². The van der Waals surface area contributed by atoms with Crippen molar-refractivity contribution in [2.45, 2.75) is 12.3 Å². The van der Waals surface area contributed by atoms with E-state index in [4.69, 9.17) is 0 Å². The average molecular weight is 245 g/mol. The van der Waals surface area contributed by atoms with E-state index in [-0.39, 0.29) is 0 Å². The number of rotatable bonds is 0. The highest BCUT2D eigenvalue weighted by atomic mass is 14.6. The fourth-order valence-corrected chi connectivity index (χ4v) is 5.34. The quantitative estimate of drug-likeness (QED) is 0.639. The minimum Gasteiger partial charge on any atom is -0.192 e. The molecule has 19 heavy (non-hydrogen) atoms. The van der Waals surface area contributed by atoms with Crippen molar-refractivity contribution in [2.24, 2.45) is 29.6 Å². The Bertz CT molecular complexity index is 675. The van der Waals surface area contributed by atoms with Crippen LogP contribution in [0.3, 0.4) is 0 Å². The maximum Gasteiger partial charge on any atom is 0.0994 e. The molecule has 6 atom stereocenters. The minimum atomic E-state index is 0.612. The van der Waals surface area contributed by atoms with Crippen LogP contribution in [0.4, 0.5) is 0 Å². The summed E-state index contributed by atoms with van der Waals surface area (Å²) >= 11 is 0. The van der Waals surface area contributed by atoms with Crippen LogP contribution in [-0.2, 0) is 0 Å². The summed E-state index contributed by atoms with van der Waals surface area (Å²) in [4.78, 5) is 0. The molecule has 5 rings (SSSR count). The van der Waals surface area contributed by atoms with E-state index in [1.807, 2.05) is 12.1 Å². The molecule has 0 unspecified atom stereocenters. The summed E-state index contributed by atoms with van der Waals surface area (Å²) in [7, 11) is 0. The molecule has 1 nitrogen and oxygen atoms in total. The summed E-state index contributed by atoms with van der Waals surface area (Å²) in [6.07, 6.45) is 10.9. The largest absolute Gasteiger partial charge is 0.192 e. The second-order valence-corrected chi connectivity index (χ2v) is 6.49. The third-order valence-corrected chi connectivity index (χ3v) is 5.95. The van der Waals surface area contributed by atoms with Gasteiger partial charge in [0.25, 0.3) is 0 Å². The molecule has 1 heteroatoms. The predicted molar refractivity (Wildman–Crippen MR) is 74.1 cm³/mol. The molecular formula is C18H15N. The zero-order valence-electron chi connectivity index (χ0n) is 10.7. The smallest absolute Gasteiger partial charge is 0.0994 e. The summed E-state index contributed by atoms with van der Waals surface area (Å²) in [6.45, 7) is 0. The van der Waals surface area contributed by atoms with Crippen LogP contribution in [0.25, 0.3) is 6.08 Å². The van der Waals surface area contributed by atoms with Crippen LogP contribution in [0.15, 0.2) is 36.4 Å². The Morgan fingerprint density at radius 3 is 2.74 bits per heavy atom. The molecule has 0 radical (unpaired) electrons. The molecule has 4 aliphatic carbocycles. The first-order chi connectivity index (χ1) is 9.38. The second-order valence-electron chi connectivity index (χ2n) is 6.49. The monoisotopic (exact) mass is 245 g/mol. The van der Waals surface area contributed by atoms with Gasteiger partial charge in [0.1, 0.15) is 0 Å². The second kappa shape index (κ2) is 3.20. The van der Waals surface area contributed by atoms with Crippen molar-refractivity contribution in [3.8, 4) is 6.07 Å². The Hall–Kier alpha value is -1.81. The molecule has 0 aromatic heterocycles. The van der Waals surface area contributed by atoms with Gasteiger partial charge in [-0.25, -0.2) is 0 Å². The van der Waals surface area contributed by atoms with Crippen molar-refractivity contribution >= 4 is 6.08 Å². The molecular weight excluding hydrogens is 230 g/mol. The summed E-state index contributed by atoms with van der Waals surface area (Å²) in [5, 5.41) is 9.41. The molecule has 4 aliphatic rings. The maximum atomic E-state index is 9.41. The topological polar surface area (TPSA) is 23.8 Å². The van der Waals surface area contributed by atoms with Crippen molar-refractivity contribution in [3.05, 3.63) is 53.1 Å². The van der Waals surface area contributed by atoms with E-state index >= 15 is 0 Å². The van der Waals surface area contributed by atoms with Gasteiger partial charge in [-0.1, -0.05) is 36.4 Å². The molecule has 92 valence electrons. The van der Waals surface area contributed by atoms with Crippen LogP contribution < -0.4 is 0 Å². The minimum absolute atomic E-state index is 0.612. The molecule has 2 saturated carbocycles. The first kappa shape index (κ1) is 10.0. The summed E-state index contributed by atoms with van der Waals surface area (Å²) in [5.41, 5.74) is 3.53. The molecule has 1 aromatic rings. The molecule has 0 aliphatic heterocycles. The van der Waals surface area contributed by atoms with E-state index < -0.39 is 0 Å². The summed E-state index contributed by atoms with van der Waals surface area (Å²) < 4.78 is 0. The van der Waals surface area contributed by atoms with Gasteiger partial charge in [-0.3, -0.25) is 0 Å². The molecule has 2 bridgehead atoms. The van der Waals surface area contributed by atoms with Crippen molar-refractivity contribution < 1.29 is 0 Å². The number of fused-ring (bicyclic) bond motifs is 10. The number of hydrogen-bond acceptors (Lipinski definition) is 1. The van der Waals surface area contributed by atoms with Gasteiger partial charge < -0.3 is 0 Å². The standard InChI is InChI=1S/C18H15N/c19-9-13-3-1-2-10-6-7-14-16-11-4-5-12(8-11)17(16)18(14)15(10)13/h1-7,11-12,14,16-18H,8H2/t11-,12+,14-,16-,17-,18+/m1/s1. The molecule has 0 amide bonds. The summed E-state index contributed by atoms with van der Waals surface area (Å²) in [5.74, 6) is 4.56. The van der Waals surface area contributed by atoms with E-state index in [1.54, 1.807) is 0 Å². The number of benzene rings is 1. The fourth-order valence-electron chi connectivity index (χ4n) is 5.34. The molecule has 0 spiro atoms. The van der Waals surface area contributed by atoms with E-state index in [0.29, 0.717) is 11.8 Å². The van der Waals surface area contributed by atoms with Gasteiger partial charge in [0, 0.05) is 0 Å². The van der Waals surface area contributed by atoms with E-state index in [1.165, 1.54) is 17.5 Å². The zero-order chi connectivity index (χ0) is 12.6. The van der Waals surface area contributed by atoms with Crippen LogP contribution in [0.1, 0.15) is 29.0 Å². The highest BCUT2D eigenvalue weighted by Gasteiger charge is 2.61. The van der Waals surface area contributed by atoms with Crippen molar-refractivity contribution in [2.75, 3.05) is 0 Å². The molecule has 0 N–H and O–H groups in total. The Morgan fingerprint density at radius 1 is 1.05 bits per heavy atom. The lowest BCUT2D eigenvalue weighted by Crippen LogP contribution is -2.47. The van der Waals surface area contributed by atoms with Crippen LogP contribution >= 0.6 is 0 Å². The molecule has 0 saturated heterocycles. The Morgan fingerprint density at radius 2 is 1.89 bits per heavy atom. The first-order valence-electron chi connectivity index (χ1n) is 7.28. The third-order valence-electron chi connectivity index (χ3n) is 5.95. The third kappa shape index (κ3) is 1.03. The van der Waals surface area contributed by atoms with Gasteiger partial charge >= 0.3 is 0 Å². The SMILES string of the molecule is N#Cc1cccc2c1[C@@H]1[C@H](C=C2)[C@@H]2[C@H]1[C@H]1C=C[C@@H]2C1. The normalized spacial score (nSPS) is 43.1. The average Bonchev–Trinajstić information content (AvgIpc) is 2.98. The van der Waals surface area contributed by atoms with Crippen LogP contribution in [0.5, 0.6) is 0 Å². The van der Waals surface area contributed by atoms with Crippen LogP contribution in [0.2, 0.25) is 0 Å². The fraction of sp³-hybridized carbons (Fsp3) is 0.389. The van der Waals surface area contributed by atoms with Crippen LogP contribution in [0, 0.1) is 40.9 Å². The van der Waals surface area contributed by atoms with Crippen LogP contribution in [-0.4, -0.2) is 0 Å². The van der Waals surface area contributed by atoms with Crippen molar-refractivity contribution in [1.29, 1.82) is 5.26 Å². The maximum absolute atomic E-state index is 9.41. The predicted octanol–water partition coefficient (Wildman–Crippen LogP) is 3.74. The number of nitriles is 1. The number of hydrogen-bond donors (Lipinski definition) is 0. The lowest BCUT2D eigenvalue weighted by molar-refractivity contribution is 0.0550. The number of allylic oxidation sites excluding steroid dienone is 3. The highest BCUT2D eigenvalue weighted by molar-refractivity contribution is 5.65. The van der Waals surface area contributed by atoms with Gasteiger partial charge in [-0.05, 0) is 59.1 Å². The molecule has 0 heterocycles. The Labute approximate surface area is 113 Å².